The summed E-state index contributed by atoms with van der Waals surface area (Å²) >= 11 is 0. The van der Waals surface area contributed by atoms with Crippen molar-refractivity contribution in [2.75, 3.05) is 12.3 Å². The molecule has 2 amide bonds. The monoisotopic (exact) mass is 337 g/mol. The molecule has 1 saturated heterocycles. The molecule has 0 radical (unpaired) electrons. The van der Waals surface area contributed by atoms with Crippen LogP contribution < -0.4 is 11.1 Å². The zero-order valence-electron chi connectivity index (χ0n) is 14.4. The number of carbonyl (C=O) groups excluding carboxylic acids is 2. The van der Waals surface area contributed by atoms with Crippen molar-refractivity contribution in [1.29, 1.82) is 0 Å². The molecule has 0 unspecified atom stereocenters. The third-order valence-corrected chi connectivity index (χ3v) is 4.54. The molecule has 0 aromatic heterocycles. The number of hydrogen-bond donors (Lipinski definition) is 2. The number of carbonyl (C=O) groups is 2. The Hall–Kier alpha value is -2.82. The van der Waals surface area contributed by atoms with Gasteiger partial charge in [-0.1, -0.05) is 35.9 Å². The van der Waals surface area contributed by atoms with Gasteiger partial charge >= 0.3 is 0 Å². The summed E-state index contributed by atoms with van der Waals surface area (Å²) < 4.78 is 0. The van der Waals surface area contributed by atoms with Crippen LogP contribution in [-0.4, -0.2) is 29.3 Å². The third-order valence-electron chi connectivity index (χ3n) is 4.54. The van der Waals surface area contributed by atoms with Gasteiger partial charge in [0, 0.05) is 24.3 Å². The van der Waals surface area contributed by atoms with E-state index in [-0.39, 0.29) is 11.8 Å². The molecule has 130 valence electrons. The van der Waals surface area contributed by atoms with E-state index in [2.05, 4.69) is 5.32 Å². The molecule has 0 aliphatic carbocycles. The van der Waals surface area contributed by atoms with Gasteiger partial charge in [0.05, 0.1) is 0 Å². The molecule has 0 spiro atoms. The van der Waals surface area contributed by atoms with Gasteiger partial charge in [-0.2, -0.15) is 0 Å². The molecule has 3 N–H and O–H groups in total. The van der Waals surface area contributed by atoms with Gasteiger partial charge in [0.1, 0.15) is 6.04 Å². The van der Waals surface area contributed by atoms with E-state index in [0.29, 0.717) is 30.8 Å². The fourth-order valence-corrected chi connectivity index (χ4v) is 3.13. The molecule has 1 aliphatic heterocycles. The Bertz CT molecular complexity index is 771. The Morgan fingerprint density at radius 1 is 1.20 bits per heavy atom. The fraction of sp³-hybridized carbons (Fsp3) is 0.300. The number of amides is 2. The maximum Gasteiger partial charge on any atom is 0.254 e. The van der Waals surface area contributed by atoms with E-state index < -0.39 is 6.04 Å². The summed E-state index contributed by atoms with van der Waals surface area (Å²) in [6, 6.07) is 14.5. The summed E-state index contributed by atoms with van der Waals surface area (Å²) in [5.41, 5.74) is 9.07. The maximum absolute atomic E-state index is 12.7. The molecule has 1 fully saturated rings. The third kappa shape index (κ3) is 3.99. The minimum atomic E-state index is -0.417. The SMILES string of the molecule is Cc1ccc(CNC(=O)[C@@H]2CCCN2C(=O)c2cccc(N)c2)cc1. The lowest BCUT2D eigenvalue weighted by atomic mass is 10.1. The first-order chi connectivity index (χ1) is 12.0. The van der Waals surface area contributed by atoms with Crippen LogP contribution in [0.15, 0.2) is 48.5 Å². The smallest absolute Gasteiger partial charge is 0.254 e. The average molecular weight is 337 g/mol. The first kappa shape index (κ1) is 17.0. The quantitative estimate of drug-likeness (QED) is 0.842. The van der Waals surface area contributed by atoms with Crippen molar-refractivity contribution in [3.05, 3.63) is 65.2 Å². The second kappa shape index (κ2) is 7.38. The second-order valence-corrected chi connectivity index (χ2v) is 6.49. The second-order valence-electron chi connectivity index (χ2n) is 6.49. The van der Waals surface area contributed by atoms with Gasteiger partial charge in [0.25, 0.3) is 5.91 Å². The molecular weight excluding hydrogens is 314 g/mol. The van der Waals surface area contributed by atoms with Gasteiger partial charge in [-0.15, -0.1) is 0 Å². The van der Waals surface area contributed by atoms with Crippen molar-refractivity contribution in [3.8, 4) is 0 Å². The number of hydrogen-bond acceptors (Lipinski definition) is 3. The Labute approximate surface area is 147 Å². The normalized spacial score (nSPS) is 16.7. The lowest BCUT2D eigenvalue weighted by Crippen LogP contribution is -2.45. The summed E-state index contributed by atoms with van der Waals surface area (Å²) in [5.74, 6) is -0.240. The number of benzene rings is 2. The lowest BCUT2D eigenvalue weighted by molar-refractivity contribution is -0.125. The summed E-state index contributed by atoms with van der Waals surface area (Å²) in [6.07, 6.45) is 1.52. The van der Waals surface area contributed by atoms with E-state index in [1.807, 2.05) is 31.2 Å². The summed E-state index contributed by atoms with van der Waals surface area (Å²) in [7, 11) is 0. The molecule has 2 aromatic rings. The van der Waals surface area contributed by atoms with Crippen molar-refractivity contribution < 1.29 is 9.59 Å². The number of rotatable bonds is 4. The van der Waals surface area contributed by atoms with E-state index in [9.17, 15) is 9.59 Å². The predicted molar refractivity (Wildman–Crippen MR) is 97.9 cm³/mol. The van der Waals surface area contributed by atoms with Crippen LogP contribution in [0.25, 0.3) is 0 Å². The van der Waals surface area contributed by atoms with Gasteiger partial charge in [-0.25, -0.2) is 0 Å². The van der Waals surface area contributed by atoms with Crippen LogP contribution in [0.1, 0.15) is 34.3 Å². The number of aryl methyl sites for hydroxylation is 1. The first-order valence-electron chi connectivity index (χ1n) is 8.54. The highest BCUT2D eigenvalue weighted by atomic mass is 16.2. The highest BCUT2D eigenvalue weighted by molar-refractivity contribution is 5.98. The van der Waals surface area contributed by atoms with Gasteiger partial charge in [-0.05, 0) is 43.5 Å². The molecule has 5 nitrogen and oxygen atoms in total. The minimum absolute atomic E-state index is 0.102. The van der Waals surface area contributed by atoms with Crippen LogP contribution in [0.3, 0.4) is 0 Å². The standard InChI is InChI=1S/C20H23N3O2/c1-14-7-9-15(10-8-14)13-22-19(24)18-6-3-11-23(18)20(25)16-4-2-5-17(21)12-16/h2,4-5,7-10,12,18H,3,6,11,13,21H2,1H3,(H,22,24)/t18-/m0/s1. The van der Waals surface area contributed by atoms with Gasteiger partial charge in [-0.3, -0.25) is 9.59 Å². The largest absolute Gasteiger partial charge is 0.399 e. The lowest BCUT2D eigenvalue weighted by Gasteiger charge is -2.24. The number of anilines is 1. The van der Waals surface area contributed by atoms with E-state index >= 15 is 0 Å². The van der Waals surface area contributed by atoms with Crippen LogP contribution in [0, 0.1) is 6.92 Å². The molecule has 25 heavy (non-hydrogen) atoms. The van der Waals surface area contributed by atoms with Crippen molar-refractivity contribution in [2.45, 2.75) is 32.4 Å². The van der Waals surface area contributed by atoms with Gasteiger partial charge in [0.2, 0.25) is 5.91 Å². The number of nitrogens with zero attached hydrogens (tertiary/aromatic N) is 1. The molecule has 1 atom stereocenters. The molecule has 1 aliphatic rings. The Morgan fingerprint density at radius 2 is 1.96 bits per heavy atom. The summed E-state index contributed by atoms with van der Waals surface area (Å²) in [6.45, 7) is 3.09. The average Bonchev–Trinajstić information content (AvgIpc) is 3.10. The number of likely N-dealkylation sites (tertiary alicyclic amines) is 1. The van der Waals surface area contributed by atoms with Crippen molar-refractivity contribution in [2.24, 2.45) is 0 Å². The van der Waals surface area contributed by atoms with Gasteiger partial charge < -0.3 is 16.0 Å². The Kier molecular flexibility index (Phi) is 5.03. The van der Waals surface area contributed by atoms with Gasteiger partial charge in [0.15, 0.2) is 0 Å². The Morgan fingerprint density at radius 3 is 2.68 bits per heavy atom. The highest BCUT2D eigenvalue weighted by Crippen LogP contribution is 2.21. The Balaban J connectivity index is 1.65. The topological polar surface area (TPSA) is 75.4 Å². The van der Waals surface area contributed by atoms with Crippen LogP contribution in [0.2, 0.25) is 0 Å². The fourth-order valence-electron chi connectivity index (χ4n) is 3.13. The molecule has 0 bridgehead atoms. The van der Waals surface area contributed by atoms with Crippen LogP contribution >= 0.6 is 0 Å². The number of nitrogens with two attached hydrogens (primary N) is 1. The molecule has 5 heteroatoms. The predicted octanol–water partition coefficient (Wildman–Crippen LogP) is 2.50. The molecule has 1 heterocycles. The van der Waals surface area contributed by atoms with Crippen molar-refractivity contribution in [1.82, 2.24) is 10.2 Å². The minimum Gasteiger partial charge on any atom is -0.399 e. The van der Waals surface area contributed by atoms with E-state index in [1.165, 1.54) is 5.56 Å². The first-order valence-corrected chi connectivity index (χ1v) is 8.54. The molecule has 2 aromatic carbocycles. The summed E-state index contributed by atoms with van der Waals surface area (Å²) in [4.78, 5) is 26.9. The summed E-state index contributed by atoms with van der Waals surface area (Å²) in [5, 5.41) is 2.95. The van der Waals surface area contributed by atoms with Crippen molar-refractivity contribution in [3.63, 3.8) is 0 Å². The zero-order valence-corrected chi connectivity index (χ0v) is 14.4. The maximum atomic E-state index is 12.7. The van der Waals surface area contributed by atoms with Crippen LogP contribution in [0.5, 0.6) is 0 Å². The molecule has 3 rings (SSSR count). The molecular formula is C20H23N3O2. The zero-order chi connectivity index (χ0) is 17.8. The van der Waals surface area contributed by atoms with E-state index in [1.54, 1.807) is 29.2 Å². The number of nitrogen functional groups attached to an aromatic ring is 1. The van der Waals surface area contributed by atoms with E-state index in [4.69, 9.17) is 5.73 Å². The van der Waals surface area contributed by atoms with E-state index in [0.717, 1.165) is 12.0 Å². The molecule has 0 saturated carbocycles. The highest BCUT2D eigenvalue weighted by Gasteiger charge is 2.34. The number of nitrogens with one attached hydrogen (secondary N) is 1. The van der Waals surface area contributed by atoms with Crippen LogP contribution in [-0.2, 0) is 11.3 Å². The van der Waals surface area contributed by atoms with Crippen molar-refractivity contribution >= 4 is 17.5 Å². The van der Waals surface area contributed by atoms with Crippen LogP contribution in [0.4, 0.5) is 5.69 Å².